The predicted molar refractivity (Wildman–Crippen MR) is 93.6 cm³/mol. The Morgan fingerprint density at radius 2 is 1.56 bits per heavy atom. The van der Waals surface area contributed by atoms with E-state index >= 15 is 0 Å². The molecule has 2 fully saturated rings. The second-order valence-corrected chi connectivity index (χ2v) is 7.11. The number of hydrogen-bond acceptors (Lipinski definition) is 5. The Kier molecular flexibility index (Phi) is 4.69. The maximum absolute atomic E-state index is 12.7. The summed E-state index contributed by atoms with van der Waals surface area (Å²) in [6.07, 6.45) is 2.09. The van der Waals surface area contributed by atoms with Crippen LogP contribution in [0.1, 0.15) is 24.8 Å². The molecule has 2 bridgehead atoms. The number of esters is 2. The molecule has 5 heteroatoms. The minimum atomic E-state index is -0.839. The van der Waals surface area contributed by atoms with Crippen LogP contribution in [0.25, 0.3) is 0 Å². The number of hydrogen-bond donors (Lipinski definition) is 0. The van der Waals surface area contributed by atoms with Gasteiger partial charge < -0.3 is 9.47 Å². The van der Waals surface area contributed by atoms with Crippen LogP contribution in [-0.4, -0.2) is 44.1 Å². The number of benzene rings is 1. The van der Waals surface area contributed by atoms with Gasteiger partial charge in [0.2, 0.25) is 0 Å². The van der Waals surface area contributed by atoms with E-state index in [1.165, 1.54) is 14.2 Å². The van der Waals surface area contributed by atoms with Crippen molar-refractivity contribution in [1.29, 1.82) is 0 Å². The first-order valence-corrected chi connectivity index (χ1v) is 8.61. The van der Waals surface area contributed by atoms with Gasteiger partial charge in [0.25, 0.3) is 0 Å². The lowest BCUT2D eigenvalue weighted by Crippen LogP contribution is -2.62. The lowest BCUT2D eigenvalue weighted by Gasteiger charge is -2.54. The molecule has 0 spiro atoms. The highest BCUT2D eigenvalue weighted by molar-refractivity contribution is 5.89. The SMILES string of the molecule is C=C1C2(C(=O)OC)CCCC1(C(=O)OC)CN(Cc1ccccc1)C2. The van der Waals surface area contributed by atoms with Crippen LogP contribution < -0.4 is 0 Å². The zero-order valence-corrected chi connectivity index (χ0v) is 14.9. The largest absolute Gasteiger partial charge is 0.468 e. The number of ether oxygens (including phenoxy) is 2. The molecular weight excluding hydrogens is 318 g/mol. The van der Waals surface area contributed by atoms with Gasteiger partial charge >= 0.3 is 11.9 Å². The molecule has 1 aliphatic carbocycles. The molecule has 0 N–H and O–H groups in total. The summed E-state index contributed by atoms with van der Waals surface area (Å²) in [6, 6.07) is 10.1. The standard InChI is InChI=1S/C20H25NO4/c1-15-19(17(22)24-2)10-7-11-20(15,18(23)25-3)14-21(13-19)12-16-8-5-4-6-9-16/h4-6,8-9H,1,7,10-14H2,2-3H3. The van der Waals surface area contributed by atoms with Crippen molar-refractivity contribution < 1.29 is 19.1 Å². The number of methoxy groups -OCH3 is 2. The monoisotopic (exact) mass is 343 g/mol. The van der Waals surface area contributed by atoms with Crippen LogP contribution in [0.2, 0.25) is 0 Å². The first kappa shape index (κ1) is 17.7. The Morgan fingerprint density at radius 3 is 2.04 bits per heavy atom. The highest BCUT2D eigenvalue weighted by Gasteiger charge is 2.61. The van der Waals surface area contributed by atoms with Gasteiger partial charge in [0.05, 0.1) is 14.2 Å². The Hall–Kier alpha value is -2.14. The average Bonchev–Trinajstić information content (AvgIpc) is 2.62. The number of rotatable bonds is 4. The topological polar surface area (TPSA) is 55.8 Å². The summed E-state index contributed by atoms with van der Waals surface area (Å²) in [5, 5.41) is 0. The van der Waals surface area contributed by atoms with Crippen LogP contribution in [-0.2, 0) is 25.6 Å². The second-order valence-electron chi connectivity index (χ2n) is 7.11. The third-order valence-corrected chi connectivity index (χ3v) is 5.75. The van der Waals surface area contributed by atoms with Crippen LogP contribution in [0.4, 0.5) is 0 Å². The molecule has 1 aromatic carbocycles. The van der Waals surface area contributed by atoms with Crippen LogP contribution in [0.5, 0.6) is 0 Å². The molecule has 1 saturated heterocycles. The summed E-state index contributed by atoms with van der Waals surface area (Å²) >= 11 is 0. The van der Waals surface area contributed by atoms with E-state index in [4.69, 9.17) is 9.47 Å². The van der Waals surface area contributed by atoms with Crippen molar-refractivity contribution in [3.63, 3.8) is 0 Å². The predicted octanol–water partition coefficient (Wildman–Crippen LogP) is 2.56. The summed E-state index contributed by atoms with van der Waals surface area (Å²) < 4.78 is 10.2. The third kappa shape index (κ3) is 2.76. The fourth-order valence-corrected chi connectivity index (χ4v) is 4.54. The number of fused-ring (bicyclic) bond motifs is 2. The molecule has 5 nitrogen and oxygen atoms in total. The summed E-state index contributed by atoms with van der Waals surface area (Å²) in [5.41, 5.74) is 0.130. The molecule has 0 radical (unpaired) electrons. The van der Waals surface area contributed by atoms with Gasteiger partial charge in [-0.15, -0.1) is 0 Å². The number of carbonyl (C=O) groups is 2. The minimum Gasteiger partial charge on any atom is -0.468 e. The van der Waals surface area contributed by atoms with E-state index in [2.05, 4.69) is 23.6 Å². The summed E-state index contributed by atoms with van der Waals surface area (Å²) in [7, 11) is 2.80. The smallest absolute Gasteiger partial charge is 0.317 e. The van der Waals surface area contributed by atoms with Gasteiger partial charge in [-0.2, -0.15) is 0 Å². The average molecular weight is 343 g/mol. The van der Waals surface area contributed by atoms with E-state index in [0.717, 1.165) is 12.0 Å². The quantitative estimate of drug-likeness (QED) is 0.621. The molecule has 2 aliphatic rings. The summed E-state index contributed by atoms with van der Waals surface area (Å²) in [5.74, 6) is -0.605. The van der Waals surface area contributed by atoms with Crippen molar-refractivity contribution in [2.24, 2.45) is 10.8 Å². The molecule has 1 aromatic rings. The van der Waals surface area contributed by atoms with Crippen LogP contribution in [0.3, 0.4) is 0 Å². The fraction of sp³-hybridized carbons (Fsp3) is 0.500. The van der Waals surface area contributed by atoms with Crippen molar-refractivity contribution in [1.82, 2.24) is 4.90 Å². The van der Waals surface area contributed by atoms with Crippen LogP contribution >= 0.6 is 0 Å². The molecule has 2 atom stereocenters. The maximum atomic E-state index is 12.7. The zero-order chi connectivity index (χ0) is 18.1. The van der Waals surface area contributed by atoms with E-state index in [-0.39, 0.29) is 11.9 Å². The Labute approximate surface area is 148 Å². The molecule has 25 heavy (non-hydrogen) atoms. The van der Waals surface area contributed by atoms with Crippen LogP contribution in [0, 0.1) is 10.8 Å². The maximum Gasteiger partial charge on any atom is 0.317 e. The highest BCUT2D eigenvalue weighted by atomic mass is 16.5. The van der Waals surface area contributed by atoms with E-state index in [1.54, 1.807) is 0 Å². The normalized spacial score (nSPS) is 29.1. The Balaban J connectivity index is 2.00. The Morgan fingerprint density at radius 1 is 1.04 bits per heavy atom. The third-order valence-electron chi connectivity index (χ3n) is 5.75. The van der Waals surface area contributed by atoms with E-state index in [0.29, 0.717) is 38.0 Å². The molecule has 1 heterocycles. The molecule has 2 unspecified atom stereocenters. The van der Waals surface area contributed by atoms with E-state index < -0.39 is 10.8 Å². The Bertz CT molecular complexity index is 650. The molecule has 0 aromatic heterocycles. The number of carbonyl (C=O) groups excluding carboxylic acids is 2. The van der Waals surface area contributed by atoms with E-state index in [9.17, 15) is 9.59 Å². The van der Waals surface area contributed by atoms with Crippen molar-refractivity contribution >= 4 is 11.9 Å². The number of likely N-dealkylation sites (tertiary alicyclic amines) is 1. The van der Waals surface area contributed by atoms with Crippen molar-refractivity contribution in [3.8, 4) is 0 Å². The number of piperidine rings is 1. The van der Waals surface area contributed by atoms with Gasteiger partial charge in [0.1, 0.15) is 10.8 Å². The molecule has 0 amide bonds. The molecule has 3 rings (SSSR count). The lowest BCUT2D eigenvalue weighted by atomic mass is 9.55. The first-order chi connectivity index (χ1) is 12.0. The summed E-state index contributed by atoms with van der Waals surface area (Å²) in [6.45, 7) is 5.91. The second kappa shape index (κ2) is 6.64. The van der Waals surface area contributed by atoms with Gasteiger partial charge in [0.15, 0.2) is 0 Å². The highest BCUT2D eigenvalue weighted by Crippen LogP contribution is 2.55. The lowest BCUT2D eigenvalue weighted by molar-refractivity contribution is -0.166. The van der Waals surface area contributed by atoms with Gasteiger partial charge in [-0.1, -0.05) is 43.3 Å². The fourth-order valence-electron chi connectivity index (χ4n) is 4.54. The van der Waals surface area contributed by atoms with Crippen molar-refractivity contribution in [3.05, 3.63) is 48.0 Å². The van der Waals surface area contributed by atoms with Gasteiger partial charge in [0, 0.05) is 19.6 Å². The summed E-state index contributed by atoms with van der Waals surface area (Å²) in [4.78, 5) is 27.6. The number of nitrogens with zero attached hydrogens (tertiary/aromatic N) is 1. The van der Waals surface area contributed by atoms with Gasteiger partial charge in [-0.3, -0.25) is 14.5 Å². The van der Waals surface area contributed by atoms with E-state index in [1.807, 2.05) is 18.2 Å². The van der Waals surface area contributed by atoms with Gasteiger partial charge in [-0.05, 0) is 24.0 Å². The molecule has 134 valence electrons. The van der Waals surface area contributed by atoms with Crippen LogP contribution in [0.15, 0.2) is 42.5 Å². The molecular formula is C20H25NO4. The molecule has 1 aliphatic heterocycles. The van der Waals surface area contributed by atoms with Gasteiger partial charge in [-0.25, -0.2) is 0 Å². The first-order valence-electron chi connectivity index (χ1n) is 8.61. The minimum absolute atomic E-state index is 0.303. The van der Waals surface area contributed by atoms with Crippen molar-refractivity contribution in [2.45, 2.75) is 25.8 Å². The molecule has 1 saturated carbocycles. The zero-order valence-electron chi connectivity index (χ0n) is 14.9. The van der Waals surface area contributed by atoms with Crippen molar-refractivity contribution in [2.75, 3.05) is 27.3 Å².